The van der Waals surface area contributed by atoms with Gasteiger partial charge in [-0.05, 0) is 49.3 Å². The van der Waals surface area contributed by atoms with Crippen LogP contribution in [0.2, 0.25) is 0 Å². The van der Waals surface area contributed by atoms with Crippen molar-refractivity contribution in [2.45, 2.75) is 65.3 Å². The molecule has 0 spiro atoms. The summed E-state index contributed by atoms with van der Waals surface area (Å²) >= 11 is 1.45. The van der Waals surface area contributed by atoms with E-state index in [0.717, 1.165) is 35.5 Å². The van der Waals surface area contributed by atoms with Gasteiger partial charge in [0.05, 0.1) is 5.69 Å². The monoisotopic (exact) mass is 481 g/mol. The number of aromatic nitrogens is 4. The van der Waals surface area contributed by atoms with Crippen molar-refractivity contribution in [1.82, 2.24) is 19.7 Å². The van der Waals surface area contributed by atoms with Gasteiger partial charge in [0.15, 0.2) is 5.13 Å². The molecule has 0 bridgehead atoms. The maximum absolute atomic E-state index is 12.7. The molecular formula is C24H31N7O2S. The molecule has 34 heavy (non-hydrogen) atoms. The van der Waals surface area contributed by atoms with Crippen LogP contribution < -0.4 is 16.0 Å². The highest BCUT2D eigenvalue weighted by molar-refractivity contribution is 7.15. The highest BCUT2D eigenvalue weighted by atomic mass is 32.1. The number of nitrogens with one attached hydrogen (secondary N) is 3. The second-order valence-electron chi connectivity index (χ2n) is 9.73. The van der Waals surface area contributed by atoms with Gasteiger partial charge in [-0.1, -0.05) is 20.8 Å². The number of hydrogen-bond acceptors (Lipinski definition) is 6. The fraction of sp³-hybridized carbons (Fsp3) is 0.458. The largest absolute Gasteiger partial charge is 0.326 e. The lowest BCUT2D eigenvalue weighted by Gasteiger charge is -2.14. The lowest BCUT2D eigenvalue weighted by molar-refractivity contribution is -0.114. The topological polar surface area (TPSA) is 114 Å². The van der Waals surface area contributed by atoms with Crippen molar-refractivity contribution in [3.63, 3.8) is 0 Å². The second kappa shape index (κ2) is 9.92. The number of rotatable bonds is 8. The van der Waals surface area contributed by atoms with Crippen molar-refractivity contribution in [1.29, 1.82) is 0 Å². The van der Waals surface area contributed by atoms with Crippen molar-refractivity contribution in [3.05, 3.63) is 46.7 Å². The summed E-state index contributed by atoms with van der Waals surface area (Å²) in [7, 11) is 0. The molecular weight excluding hydrogens is 450 g/mol. The number of carbonyl (C=O) groups excluding carboxylic acids is 2. The van der Waals surface area contributed by atoms with Crippen LogP contribution in [-0.2, 0) is 29.6 Å². The zero-order chi connectivity index (χ0) is 24.3. The smallest absolute Gasteiger partial charge is 0.311 e. The van der Waals surface area contributed by atoms with Crippen LogP contribution in [0, 0.1) is 5.92 Å². The van der Waals surface area contributed by atoms with Gasteiger partial charge in [0.25, 0.3) is 0 Å². The summed E-state index contributed by atoms with van der Waals surface area (Å²) < 4.78 is 1.91. The van der Waals surface area contributed by atoms with E-state index >= 15 is 0 Å². The minimum atomic E-state index is -0.326. The number of pyridine rings is 1. The van der Waals surface area contributed by atoms with Crippen molar-refractivity contribution < 1.29 is 9.59 Å². The summed E-state index contributed by atoms with van der Waals surface area (Å²) in [6.45, 7) is 8.63. The summed E-state index contributed by atoms with van der Waals surface area (Å²) in [4.78, 5) is 33.4. The van der Waals surface area contributed by atoms with Gasteiger partial charge in [-0.2, -0.15) is 5.10 Å². The molecule has 1 aliphatic carbocycles. The summed E-state index contributed by atoms with van der Waals surface area (Å²) in [5, 5.41) is 13.8. The van der Waals surface area contributed by atoms with Crippen LogP contribution in [0.4, 0.5) is 21.6 Å². The van der Waals surface area contributed by atoms with E-state index in [-0.39, 0.29) is 17.4 Å². The average Bonchev–Trinajstić information content (AvgIpc) is 3.30. The molecule has 3 amide bonds. The Morgan fingerprint density at radius 2 is 1.91 bits per heavy atom. The predicted molar refractivity (Wildman–Crippen MR) is 134 cm³/mol. The number of thiazole rings is 1. The highest BCUT2D eigenvalue weighted by Crippen LogP contribution is 2.33. The predicted octanol–water partition coefficient (Wildman–Crippen LogP) is 4.83. The number of carbonyl (C=O) groups is 2. The van der Waals surface area contributed by atoms with Crippen LogP contribution in [-0.4, -0.2) is 31.7 Å². The van der Waals surface area contributed by atoms with Gasteiger partial charge in [0.2, 0.25) is 5.91 Å². The first kappa shape index (κ1) is 23.9. The van der Waals surface area contributed by atoms with Crippen molar-refractivity contribution in [2.75, 3.05) is 16.0 Å². The van der Waals surface area contributed by atoms with Gasteiger partial charge in [-0.3, -0.25) is 15.4 Å². The quantitative estimate of drug-likeness (QED) is 0.426. The van der Waals surface area contributed by atoms with Gasteiger partial charge in [0, 0.05) is 42.2 Å². The molecule has 0 saturated heterocycles. The molecule has 1 fully saturated rings. The molecule has 10 heteroatoms. The first-order valence-electron chi connectivity index (χ1n) is 11.5. The van der Waals surface area contributed by atoms with Gasteiger partial charge in [-0.25, -0.2) is 19.4 Å². The van der Waals surface area contributed by atoms with Crippen LogP contribution in [0.3, 0.4) is 0 Å². The van der Waals surface area contributed by atoms with Crippen LogP contribution in [0.5, 0.6) is 0 Å². The van der Waals surface area contributed by atoms with Crippen molar-refractivity contribution in [2.24, 2.45) is 5.92 Å². The van der Waals surface area contributed by atoms with E-state index in [4.69, 9.17) is 5.10 Å². The number of nitrogens with zero attached hydrogens (tertiary/aromatic N) is 4. The van der Waals surface area contributed by atoms with E-state index in [2.05, 4.69) is 46.7 Å². The van der Waals surface area contributed by atoms with Gasteiger partial charge in [-0.15, -0.1) is 11.3 Å². The van der Waals surface area contributed by atoms with Gasteiger partial charge >= 0.3 is 6.03 Å². The van der Waals surface area contributed by atoms with Crippen LogP contribution >= 0.6 is 11.3 Å². The normalized spacial score (nSPS) is 13.5. The third-order valence-corrected chi connectivity index (χ3v) is 6.45. The summed E-state index contributed by atoms with van der Waals surface area (Å²) in [6.07, 6.45) is 7.44. The lowest BCUT2D eigenvalue weighted by Crippen LogP contribution is -2.21. The van der Waals surface area contributed by atoms with E-state index in [9.17, 15) is 9.59 Å². The molecule has 3 aromatic heterocycles. The first-order valence-corrected chi connectivity index (χ1v) is 12.3. The van der Waals surface area contributed by atoms with Crippen LogP contribution in [0.15, 0.2) is 30.6 Å². The Morgan fingerprint density at radius 1 is 1.12 bits per heavy atom. The summed E-state index contributed by atoms with van der Waals surface area (Å²) in [5.41, 5.74) is 1.93. The third-order valence-electron chi connectivity index (χ3n) is 5.48. The lowest BCUT2D eigenvalue weighted by atomic mass is 9.92. The second-order valence-corrected chi connectivity index (χ2v) is 10.8. The zero-order valence-corrected chi connectivity index (χ0v) is 20.8. The van der Waals surface area contributed by atoms with Crippen molar-refractivity contribution in [3.8, 4) is 0 Å². The van der Waals surface area contributed by atoms with E-state index in [1.54, 1.807) is 12.4 Å². The molecule has 1 saturated carbocycles. The fourth-order valence-corrected chi connectivity index (χ4v) is 4.25. The standard InChI is InChI=1S/C24H31N7O2S/c1-15(32)27-20-11-16(9-10-25-20)7-8-18-13-26-23(34-18)29-22(33)28-21-12-19(24(2,3)4)30-31(21)14-17-5-6-17/h9-13,17H,5-8,14H2,1-4H3,(H,25,27,32)(H2,26,28,29,33). The van der Waals surface area contributed by atoms with Gasteiger partial charge < -0.3 is 5.32 Å². The Hall–Kier alpha value is -3.27. The fourth-order valence-electron chi connectivity index (χ4n) is 3.44. The van der Waals surface area contributed by atoms with Crippen LogP contribution in [0.1, 0.15) is 56.7 Å². The third kappa shape index (κ3) is 6.63. The Kier molecular flexibility index (Phi) is 6.97. The van der Waals surface area contributed by atoms with Crippen LogP contribution in [0.25, 0.3) is 0 Å². The Balaban J connectivity index is 1.34. The summed E-state index contributed by atoms with van der Waals surface area (Å²) in [6, 6.07) is 5.42. The molecule has 1 aliphatic rings. The van der Waals surface area contributed by atoms with E-state index in [1.165, 1.54) is 31.1 Å². The zero-order valence-electron chi connectivity index (χ0n) is 20.0. The molecule has 0 atom stereocenters. The Labute approximate surface area is 203 Å². The number of hydrogen-bond donors (Lipinski definition) is 3. The SMILES string of the molecule is CC(=O)Nc1cc(CCc2cnc(NC(=O)Nc3cc(C(C)(C)C)nn3CC3CC3)s2)ccn1. The molecule has 0 radical (unpaired) electrons. The molecule has 3 aromatic rings. The number of amides is 3. The maximum atomic E-state index is 12.7. The van der Waals surface area contributed by atoms with Crippen molar-refractivity contribution >= 4 is 40.0 Å². The number of aryl methyl sites for hydroxylation is 2. The molecule has 0 unspecified atom stereocenters. The highest BCUT2D eigenvalue weighted by Gasteiger charge is 2.26. The average molecular weight is 482 g/mol. The summed E-state index contributed by atoms with van der Waals surface area (Å²) in [5.74, 6) is 1.75. The minimum Gasteiger partial charge on any atom is -0.311 e. The molecule has 0 aromatic carbocycles. The molecule has 3 heterocycles. The molecule has 180 valence electrons. The van der Waals surface area contributed by atoms with E-state index < -0.39 is 0 Å². The number of urea groups is 1. The molecule has 4 rings (SSSR count). The Bertz CT molecular complexity index is 1170. The molecule has 3 N–H and O–H groups in total. The Morgan fingerprint density at radius 3 is 2.62 bits per heavy atom. The first-order chi connectivity index (χ1) is 16.2. The molecule has 0 aliphatic heterocycles. The number of anilines is 3. The molecule has 9 nitrogen and oxygen atoms in total. The maximum Gasteiger partial charge on any atom is 0.326 e. The van der Waals surface area contributed by atoms with E-state index in [0.29, 0.717) is 22.7 Å². The minimum absolute atomic E-state index is 0.0936. The van der Waals surface area contributed by atoms with Gasteiger partial charge in [0.1, 0.15) is 11.6 Å². The van der Waals surface area contributed by atoms with E-state index in [1.807, 2.05) is 22.9 Å².